The first kappa shape index (κ1) is 10.8. The molecule has 0 amide bonds. The van der Waals surface area contributed by atoms with Gasteiger partial charge in [-0.25, -0.2) is 13.6 Å². The fourth-order valence-electron chi connectivity index (χ4n) is 0.812. The minimum absolute atomic E-state index is 0.170. The molecular weight excluding hydrogens is 262 g/mol. The zero-order chi connectivity index (χ0) is 10.9. The monoisotopic (exact) mass is 264 g/mol. The maximum absolute atomic E-state index is 13.0. The lowest BCUT2D eigenvalue weighted by Gasteiger charge is -2.00. The number of ketones is 1. The van der Waals surface area contributed by atoms with Gasteiger partial charge in [0.2, 0.25) is 0 Å². The Morgan fingerprint density at radius 2 is 1.79 bits per heavy atom. The molecule has 3 nitrogen and oxygen atoms in total. The summed E-state index contributed by atoms with van der Waals surface area (Å²) in [6.07, 6.45) is 0. The number of Topliss-reactive ketones (excluding diaryl/α,β-unsaturated/α-hetero) is 1. The van der Waals surface area contributed by atoms with E-state index in [9.17, 15) is 18.4 Å². The smallest absolute Gasteiger partial charge is 0.377 e. The van der Waals surface area contributed by atoms with Crippen molar-refractivity contribution in [3.05, 3.63) is 33.8 Å². The van der Waals surface area contributed by atoms with E-state index < -0.39 is 29.0 Å². The third-order valence-corrected chi connectivity index (χ3v) is 2.06. The standard InChI is InChI=1S/C8H3BrF2O3/c9-4-2-5(10)3(1-6(4)11)7(12)8(13)14/h1-2H,(H,13,14). The number of rotatable bonds is 2. The minimum Gasteiger partial charge on any atom is -0.475 e. The fraction of sp³-hybridized carbons (Fsp3) is 0. The van der Waals surface area contributed by atoms with Gasteiger partial charge in [0.05, 0.1) is 10.0 Å². The lowest BCUT2D eigenvalue weighted by Crippen LogP contribution is -2.14. The van der Waals surface area contributed by atoms with Crippen LogP contribution in [0.1, 0.15) is 10.4 Å². The second kappa shape index (κ2) is 3.83. The van der Waals surface area contributed by atoms with Crippen molar-refractivity contribution in [1.82, 2.24) is 0 Å². The molecule has 14 heavy (non-hydrogen) atoms. The molecule has 1 N–H and O–H groups in total. The summed E-state index contributed by atoms with van der Waals surface area (Å²) in [6.45, 7) is 0. The Bertz CT molecular complexity index is 417. The average Bonchev–Trinajstić information content (AvgIpc) is 2.10. The average molecular weight is 265 g/mol. The van der Waals surface area contributed by atoms with Crippen molar-refractivity contribution in [3.63, 3.8) is 0 Å². The zero-order valence-electron chi connectivity index (χ0n) is 6.55. The summed E-state index contributed by atoms with van der Waals surface area (Å²) < 4.78 is 25.6. The van der Waals surface area contributed by atoms with Crippen LogP contribution in [-0.2, 0) is 4.79 Å². The number of carboxylic acids is 1. The van der Waals surface area contributed by atoms with Crippen LogP contribution in [0.5, 0.6) is 0 Å². The molecule has 0 aliphatic rings. The second-order valence-electron chi connectivity index (χ2n) is 2.38. The lowest BCUT2D eigenvalue weighted by atomic mass is 10.1. The van der Waals surface area contributed by atoms with Gasteiger partial charge in [0, 0.05) is 0 Å². The van der Waals surface area contributed by atoms with Gasteiger partial charge in [-0.3, -0.25) is 4.79 Å². The van der Waals surface area contributed by atoms with Crippen molar-refractivity contribution in [3.8, 4) is 0 Å². The summed E-state index contributed by atoms with van der Waals surface area (Å²) in [6, 6.07) is 1.24. The number of carbonyl (C=O) groups is 2. The summed E-state index contributed by atoms with van der Waals surface area (Å²) >= 11 is 2.69. The number of aliphatic carboxylic acids is 1. The Labute approximate surface area is 85.5 Å². The molecule has 0 fully saturated rings. The highest BCUT2D eigenvalue weighted by molar-refractivity contribution is 9.10. The van der Waals surface area contributed by atoms with Gasteiger partial charge in [0.1, 0.15) is 11.6 Å². The van der Waals surface area contributed by atoms with Gasteiger partial charge in [0.25, 0.3) is 5.78 Å². The molecule has 0 heterocycles. The largest absolute Gasteiger partial charge is 0.475 e. The Morgan fingerprint density at radius 3 is 2.29 bits per heavy atom. The Hall–Kier alpha value is -1.30. The van der Waals surface area contributed by atoms with Gasteiger partial charge < -0.3 is 5.11 Å². The first-order chi connectivity index (χ1) is 6.43. The molecule has 0 aliphatic carbocycles. The molecule has 1 rings (SSSR count). The van der Waals surface area contributed by atoms with Crippen LogP contribution in [0.25, 0.3) is 0 Å². The predicted octanol–water partition coefficient (Wildman–Crippen LogP) is 1.99. The van der Waals surface area contributed by atoms with Crippen molar-refractivity contribution in [2.75, 3.05) is 0 Å². The molecule has 74 valence electrons. The van der Waals surface area contributed by atoms with Gasteiger partial charge in [-0.05, 0) is 28.1 Å². The maximum atomic E-state index is 13.0. The normalized spacial score (nSPS) is 9.93. The third-order valence-electron chi connectivity index (χ3n) is 1.45. The van der Waals surface area contributed by atoms with Gasteiger partial charge in [-0.2, -0.15) is 0 Å². The Morgan fingerprint density at radius 1 is 1.21 bits per heavy atom. The molecule has 0 spiro atoms. The highest BCUT2D eigenvalue weighted by atomic mass is 79.9. The third kappa shape index (κ3) is 1.95. The molecule has 0 saturated heterocycles. The van der Waals surface area contributed by atoms with Crippen molar-refractivity contribution in [2.45, 2.75) is 0 Å². The van der Waals surface area contributed by atoms with Crippen LogP contribution in [0.2, 0.25) is 0 Å². The number of hydrogen-bond donors (Lipinski definition) is 1. The quantitative estimate of drug-likeness (QED) is 0.505. The predicted molar refractivity (Wildman–Crippen MR) is 46.0 cm³/mol. The zero-order valence-corrected chi connectivity index (χ0v) is 8.14. The van der Waals surface area contributed by atoms with Crippen LogP contribution in [0.15, 0.2) is 16.6 Å². The number of carboxylic acid groups (broad SMARTS) is 1. The molecule has 1 aromatic rings. The number of hydrogen-bond acceptors (Lipinski definition) is 2. The van der Waals surface area contributed by atoms with Crippen LogP contribution < -0.4 is 0 Å². The van der Waals surface area contributed by atoms with E-state index in [2.05, 4.69) is 15.9 Å². The fourth-order valence-corrected chi connectivity index (χ4v) is 1.13. The van der Waals surface area contributed by atoms with Crippen molar-refractivity contribution >= 4 is 27.7 Å². The van der Waals surface area contributed by atoms with Gasteiger partial charge in [0.15, 0.2) is 0 Å². The molecular formula is C8H3BrF2O3. The topological polar surface area (TPSA) is 54.4 Å². The minimum atomic E-state index is -1.83. The Kier molecular flexibility index (Phi) is 2.95. The summed E-state index contributed by atoms with van der Waals surface area (Å²) in [5.41, 5.74) is -0.793. The molecule has 0 bridgehead atoms. The van der Waals surface area contributed by atoms with Crippen LogP contribution in [0.4, 0.5) is 8.78 Å². The second-order valence-corrected chi connectivity index (χ2v) is 3.23. The molecule has 1 aromatic carbocycles. The summed E-state index contributed by atoms with van der Waals surface area (Å²) in [5.74, 6) is -5.28. The lowest BCUT2D eigenvalue weighted by molar-refractivity contribution is -0.131. The van der Waals surface area contributed by atoms with Crippen LogP contribution in [-0.4, -0.2) is 16.9 Å². The van der Waals surface area contributed by atoms with Crippen LogP contribution >= 0.6 is 15.9 Å². The molecule has 0 radical (unpaired) electrons. The number of carbonyl (C=O) groups excluding carboxylic acids is 1. The number of halogens is 3. The molecule has 0 saturated carbocycles. The van der Waals surface area contributed by atoms with Gasteiger partial charge >= 0.3 is 5.97 Å². The van der Waals surface area contributed by atoms with E-state index in [0.717, 1.165) is 0 Å². The first-order valence-corrected chi connectivity index (χ1v) is 4.15. The van der Waals surface area contributed by atoms with E-state index in [1.54, 1.807) is 0 Å². The van der Waals surface area contributed by atoms with E-state index in [0.29, 0.717) is 12.1 Å². The van der Waals surface area contributed by atoms with E-state index in [1.807, 2.05) is 0 Å². The molecule has 0 aliphatic heterocycles. The van der Waals surface area contributed by atoms with Crippen molar-refractivity contribution in [1.29, 1.82) is 0 Å². The highest BCUT2D eigenvalue weighted by Gasteiger charge is 2.20. The molecule has 6 heteroatoms. The molecule has 0 atom stereocenters. The van der Waals surface area contributed by atoms with Gasteiger partial charge in [-0.15, -0.1) is 0 Å². The summed E-state index contributed by atoms with van der Waals surface area (Å²) in [5, 5.41) is 8.27. The van der Waals surface area contributed by atoms with E-state index in [1.165, 1.54) is 0 Å². The maximum Gasteiger partial charge on any atom is 0.377 e. The first-order valence-electron chi connectivity index (χ1n) is 3.35. The van der Waals surface area contributed by atoms with Crippen molar-refractivity contribution < 1.29 is 23.5 Å². The van der Waals surface area contributed by atoms with Crippen molar-refractivity contribution in [2.24, 2.45) is 0 Å². The summed E-state index contributed by atoms with van der Waals surface area (Å²) in [4.78, 5) is 21.0. The number of benzene rings is 1. The van der Waals surface area contributed by atoms with E-state index in [-0.39, 0.29) is 4.47 Å². The SMILES string of the molecule is O=C(O)C(=O)c1cc(F)c(Br)cc1F. The van der Waals surface area contributed by atoms with E-state index >= 15 is 0 Å². The van der Waals surface area contributed by atoms with Crippen LogP contribution in [0.3, 0.4) is 0 Å². The summed E-state index contributed by atoms with van der Waals surface area (Å²) in [7, 11) is 0. The molecule has 0 aromatic heterocycles. The van der Waals surface area contributed by atoms with Crippen LogP contribution in [0, 0.1) is 11.6 Å². The Balaban J connectivity index is 3.29. The van der Waals surface area contributed by atoms with Gasteiger partial charge in [-0.1, -0.05) is 0 Å². The van der Waals surface area contributed by atoms with E-state index in [4.69, 9.17) is 5.11 Å². The highest BCUT2D eigenvalue weighted by Crippen LogP contribution is 2.20. The molecule has 0 unspecified atom stereocenters.